The summed E-state index contributed by atoms with van der Waals surface area (Å²) in [5, 5.41) is 3.02. The standard InChI is InChI=1S/C24H20N2O4S/c27-23-12-16(14-26(23)17-10-11-20-21(13-17)30-15-29-20)24(28)25-19-8-4-5-9-22(19)31-18-6-2-1-3-7-18/h1-11,13,16H,12,14-15H2,(H,25,28). The molecule has 7 heteroatoms. The number of carbonyl (C=O) groups is 2. The number of rotatable bonds is 5. The number of nitrogens with zero attached hydrogens (tertiary/aromatic N) is 1. The van der Waals surface area contributed by atoms with Gasteiger partial charge in [0.1, 0.15) is 0 Å². The van der Waals surface area contributed by atoms with Crippen LogP contribution in [0.1, 0.15) is 6.42 Å². The lowest BCUT2D eigenvalue weighted by Gasteiger charge is -2.17. The summed E-state index contributed by atoms with van der Waals surface area (Å²) in [6.45, 7) is 0.510. The van der Waals surface area contributed by atoms with Crippen molar-refractivity contribution in [1.82, 2.24) is 0 Å². The first kappa shape index (κ1) is 19.5. The highest BCUT2D eigenvalue weighted by atomic mass is 32.2. The van der Waals surface area contributed by atoms with E-state index in [1.807, 2.05) is 60.7 Å². The van der Waals surface area contributed by atoms with E-state index in [4.69, 9.17) is 9.47 Å². The number of para-hydroxylation sites is 1. The van der Waals surface area contributed by atoms with Crippen LogP contribution in [0.4, 0.5) is 11.4 Å². The van der Waals surface area contributed by atoms with Crippen LogP contribution in [0.15, 0.2) is 82.6 Å². The average Bonchev–Trinajstić information content (AvgIpc) is 3.41. The van der Waals surface area contributed by atoms with E-state index in [1.165, 1.54) is 0 Å². The third kappa shape index (κ3) is 4.09. The fourth-order valence-corrected chi connectivity index (χ4v) is 4.62. The minimum absolute atomic E-state index is 0.0778. The van der Waals surface area contributed by atoms with Gasteiger partial charge in [-0.25, -0.2) is 0 Å². The minimum Gasteiger partial charge on any atom is -0.454 e. The van der Waals surface area contributed by atoms with Crippen LogP contribution in [0.3, 0.4) is 0 Å². The maximum Gasteiger partial charge on any atom is 0.231 e. The molecule has 0 spiro atoms. The van der Waals surface area contributed by atoms with Gasteiger partial charge in [0.15, 0.2) is 11.5 Å². The average molecular weight is 433 g/mol. The van der Waals surface area contributed by atoms with E-state index < -0.39 is 5.92 Å². The van der Waals surface area contributed by atoms with Crippen molar-refractivity contribution < 1.29 is 19.1 Å². The van der Waals surface area contributed by atoms with E-state index in [9.17, 15) is 9.59 Å². The Morgan fingerprint density at radius 1 is 0.968 bits per heavy atom. The number of fused-ring (bicyclic) bond motifs is 1. The maximum atomic E-state index is 13.0. The molecule has 0 bridgehead atoms. The van der Waals surface area contributed by atoms with Crippen molar-refractivity contribution in [3.05, 3.63) is 72.8 Å². The molecule has 2 heterocycles. The molecule has 2 amide bonds. The molecular weight excluding hydrogens is 412 g/mol. The predicted molar refractivity (Wildman–Crippen MR) is 119 cm³/mol. The van der Waals surface area contributed by atoms with Crippen LogP contribution < -0.4 is 19.7 Å². The smallest absolute Gasteiger partial charge is 0.231 e. The fraction of sp³-hybridized carbons (Fsp3) is 0.167. The topological polar surface area (TPSA) is 67.9 Å². The number of ether oxygens (including phenoxy) is 2. The molecule has 1 unspecified atom stereocenters. The summed E-state index contributed by atoms with van der Waals surface area (Å²) in [6, 6.07) is 23.1. The van der Waals surface area contributed by atoms with Crippen LogP contribution in [0, 0.1) is 5.92 Å². The zero-order chi connectivity index (χ0) is 21.2. The number of nitrogens with one attached hydrogen (secondary N) is 1. The molecular formula is C24H20N2O4S. The van der Waals surface area contributed by atoms with E-state index in [2.05, 4.69) is 5.32 Å². The number of anilines is 2. The highest BCUT2D eigenvalue weighted by Gasteiger charge is 2.36. The van der Waals surface area contributed by atoms with Crippen LogP contribution >= 0.6 is 11.8 Å². The Morgan fingerprint density at radius 3 is 2.61 bits per heavy atom. The molecule has 6 nitrogen and oxygen atoms in total. The van der Waals surface area contributed by atoms with Gasteiger partial charge in [0, 0.05) is 34.5 Å². The number of benzene rings is 3. The molecule has 1 fully saturated rings. The van der Waals surface area contributed by atoms with Crippen molar-refractivity contribution in [1.29, 1.82) is 0 Å². The lowest BCUT2D eigenvalue weighted by Crippen LogP contribution is -2.28. The number of hydrogen-bond acceptors (Lipinski definition) is 5. The molecule has 0 aliphatic carbocycles. The SMILES string of the molecule is O=C(Nc1ccccc1Sc1ccccc1)C1CC(=O)N(c2ccc3c(c2)OCO3)C1. The van der Waals surface area contributed by atoms with Crippen LogP contribution in [0.5, 0.6) is 11.5 Å². The summed E-state index contributed by atoms with van der Waals surface area (Å²) in [5.41, 5.74) is 1.46. The Bertz CT molecular complexity index is 1140. The Morgan fingerprint density at radius 2 is 1.74 bits per heavy atom. The molecule has 2 aliphatic heterocycles. The number of amides is 2. The number of carbonyl (C=O) groups excluding carboxylic acids is 2. The Kier molecular flexibility index (Phi) is 5.26. The van der Waals surface area contributed by atoms with E-state index in [1.54, 1.807) is 28.8 Å². The largest absolute Gasteiger partial charge is 0.454 e. The van der Waals surface area contributed by atoms with Gasteiger partial charge in [-0.3, -0.25) is 9.59 Å². The first-order valence-electron chi connectivity index (χ1n) is 10.0. The van der Waals surface area contributed by atoms with E-state index in [-0.39, 0.29) is 25.0 Å². The monoisotopic (exact) mass is 432 g/mol. The van der Waals surface area contributed by atoms with Crippen molar-refractivity contribution in [2.75, 3.05) is 23.6 Å². The van der Waals surface area contributed by atoms with Crippen LogP contribution in [-0.4, -0.2) is 25.2 Å². The molecule has 31 heavy (non-hydrogen) atoms. The molecule has 0 saturated carbocycles. The van der Waals surface area contributed by atoms with Crippen molar-refractivity contribution >= 4 is 35.0 Å². The summed E-state index contributed by atoms with van der Waals surface area (Å²) >= 11 is 1.59. The maximum absolute atomic E-state index is 13.0. The Balaban J connectivity index is 1.29. The molecule has 1 N–H and O–H groups in total. The van der Waals surface area contributed by atoms with Gasteiger partial charge in [-0.1, -0.05) is 42.1 Å². The van der Waals surface area contributed by atoms with Crippen molar-refractivity contribution in [3.8, 4) is 11.5 Å². The second-order valence-electron chi connectivity index (χ2n) is 7.34. The van der Waals surface area contributed by atoms with Gasteiger partial charge in [-0.05, 0) is 36.4 Å². The van der Waals surface area contributed by atoms with Crippen molar-refractivity contribution in [2.45, 2.75) is 16.2 Å². The summed E-state index contributed by atoms with van der Waals surface area (Å²) in [4.78, 5) is 29.3. The van der Waals surface area contributed by atoms with E-state index in [0.29, 0.717) is 23.7 Å². The second kappa shape index (κ2) is 8.35. The molecule has 1 saturated heterocycles. The molecule has 5 rings (SSSR count). The zero-order valence-electron chi connectivity index (χ0n) is 16.6. The fourth-order valence-electron chi connectivity index (χ4n) is 3.70. The van der Waals surface area contributed by atoms with Gasteiger partial charge in [-0.15, -0.1) is 0 Å². The van der Waals surface area contributed by atoms with Gasteiger partial charge in [0.2, 0.25) is 18.6 Å². The summed E-state index contributed by atoms with van der Waals surface area (Å²) in [7, 11) is 0. The summed E-state index contributed by atoms with van der Waals surface area (Å²) in [6.07, 6.45) is 0.175. The Hall–Kier alpha value is -3.45. The normalized spacial score (nSPS) is 17.1. The summed E-state index contributed by atoms with van der Waals surface area (Å²) in [5.74, 6) is 0.624. The van der Waals surface area contributed by atoms with Gasteiger partial charge in [0.25, 0.3) is 0 Å². The van der Waals surface area contributed by atoms with Crippen molar-refractivity contribution in [2.24, 2.45) is 5.92 Å². The van der Waals surface area contributed by atoms with Crippen LogP contribution in [0.2, 0.25) is 0 Å². The van der Waals surface area contributed by atoms with Gasteiger partial charge in [0.05, 0.1) is 11.6 Å². The third-order valence-electron chi connectivity index (χ3n) is 5.28. The molecule has 3 aromatic rings. The van der Waals surface area contributed by atoms with E-state index >= 15 is 0 Å². The third-order valence-corrected chi connectivity index (χ3v) is 6.36. The molecule has 3 aromatic carbocycles. The second-order valence-corrected chi connectivity index (χ2v) is 8.46. The van der Waals surface area contributed by atoms with Gasteiger partial charge >= 0.3 is 0 Å². The molecule has 2 aliphatic rings. The van der Waals surface area contributed by atoms with Crippen molar-refractivity contribution in [3.63, 3.8) is 0 Å². The molecule has 156 valence electrons. The van der Waals surface area contributed by atoms with Crippen LogP contribution in [0.25, 0.3) is 0 Å². The van der Waals surface area contributed by atoms with Crippen LogP contribution in [-0.2, 0) is 9.59 Å². The minimum atomic E-state index is -0.423. The predicted octanol–water partition coefficient (Wildman–Crippen LogP) is 4.56. The molecule has 0 aromatic heterocycles. The highest BCUT2D eigenvalue weighted by molar-refractivity contribution is 7.99. The quantitative estimate of drug-likeness (QED) is 0.640. The Labute approximate surface area is 184 Å². The van der Waals surface area contributed by atoms with E-state index in [0.717, 1.165) is 15.5 Å². The lowest BCUT2D eigenvalue weighted by atomic mass is 10.1. The molecule has 0 radical (unpaired) electrons. The molecule has 1 atom stereocenters. The number of hydrogen-bond donors (Lipinski definition) is 1. The highest BCUT2D eigenvalue weighted by Crippen LogP contribution is 2.38. The first-order chi connectivity index (χ1) is 15.2. The first-order valence-corrected chi connectivity index (χ1v) is 10.8. The van der Waals surface area contributed by atoms with Gasteiger partial charge in [-0.2, -0.15) is 0 Å². The zero-order valence-corrected chi connectivity index (χ0v) is 17.4. The lowest BCUT2D eigenvalue weighted by molar-refractivity contribution is -0.122. The summed E-state index contributed by atoms with van der Waals surface area (Å²) < 4.78 is 10.7. The van der Waals surface area contributed by atoms with Gasteiger partial charge < -0.3 is 19.7 Å².